The van der Waals surface area contributed by atoms with Crippen LogP contribution in [0.2, 0.25) is 0 Å². The van der Waals surface area contributed by atoms with Crippen molar-refractivity contribution in [2.24, 2.45) is 0 Å². The predicted molar refractivity (Wildman–Crippen MR) is 61.6 cm³/mol. The van der Waals surface area contributed by atoms with Gasteiger partial charge in [0.15, 0.2) is 0 Å². The van der Waals surface area contributed by atoms with Gasteiger partial charge in [0.1, 0.15) is 11.5 Å². The van der Waals surface area contributed by atoms with E-state index in [1.165, 1.54) is 0 Å². The number of hydrogen-bond acceptors (Lipinski definition) is 3. The highest BCUT2D eigenvalue weighted by Crippen LogP contribution is 2.29. The van der Waals surface area contributed by atoms with Crippen LogP contribution < -0.4 is 14.8 Å². The molecule has 0 aromatic heterocycles. The number of ether oxygens (including phenoxy) is 2. The third kappa shape index (κ3) is 2.63. The first kappa shape index (κ1) is 11.9. The molecule has 0 amide bonds. The molecular formula is C12H19NO2. The summed E-state index contributed by atoms with van der Waals surface area (Å²) in [5.74, 6) is 1.63. The van der Waals surface area contributed by atoms with Crippen LogP contribution in [0.5, 0.6) is 11.5 Å². The first-order valence-electron chi connectivity index (χ1n) is 4.96. The Kier molecular flexibility index (Phi) is 3.58. The minimum Gasteiger partial charge on any atom is -0.497 e. The third-order valence-electron chi connectivity index (χ3n) is 2.70. The second-order valence-corrected chi connectivity index (χ2v) is 3.98. The second-order valence-electron chi connectivity index (χ2n) is 3.98. The molecular weight excluding hydrogens is 190 g/mol. The van der Waals surface area contributed by atoms with Gasteiger partial charge in [-0.2, -0.15) is 0 Å². The number of methoxy groups -OCH3 is 2. The van der Waals surface area contributed by atoms with Crippen LogP contribution in [0, 0.1) is 0 Å². The van der Waals surface area contributed by atoms with E-state index in [4.69, 9.17) is 9.47 Å². The molecule has 15 heavy (non-hydrogen) atoms. The Hall–Kier alpha value is -1.22. The minimum absolute atomic E-state index is 0.0954. The molecule has 1 aromatic rings. The van der Waals surface area contributed by atoms with Crippen LogP contribution in [0.4, 0.5) is 0 Å². The van der Waals surface area contributed by atoms with Gasteiger partial charge in [-0.25, -0.2) is 0 Å². The maximum absolute atomic E-state index is 5.23. The second kappa shape index (κ2) is 4.53. The Morgan fingerprint density at radius 1 is 1.00 bits per heavy atom. The van der Waals surface area contributed by atoms with Crippen molar-refractivity contribution in [2.45, 2.75) is 19.4 Å². The van der Waals surface area contributed by atoms with E-state index in [0.29, 0.717) is 0 Å². The van der Waals surface area contributed by atoms with Gasteiger partial charge in [0, 0.05) is 11.6 Å². The molecule has 1 N–H and O–H groups in total. The molecule has 0 saturated heterocycles. The molecule has 3 nitrogen and oxygen atoms in total. The van der Waals surface area contributed by atoms with Gasteiger partial charge in [-0.1, -0.05) is 0 Å². The van der Waals surface area contributed by atoms with Gasteiger partial charge in [0.2, 0.25) is 0 Å². The normalized spacial score (nSPS) is 11.3. The van der Waals surface area contributed by atoms with E-state index in [-0.39, 0.29) is 5.54 Å². The van der Waals surface area contributed by atoms with Gasteiger partial charge in [-0.3, -0.25) is 0 Å². The molecule has 1 rings (SSSR count). The van der Waals surface area contributed by atoms with Crippen molar-refractivity contribution in [1.82, 2.24) is 5.32 Å². The number of benzene rings is 1. The lowest BCUT2D eigenvalue weighted by Crippen LogP contribution is -2.33. The monoisotopic (exact) mass is 209 g/mol. The third-order valence-corrected chi connectivity index (χ3v) is 2.70. The fourth-order valence-corrected chi connectivity index (χ4v) is 1.31. The molecule has 0 heterocycles. The van der Waals surface area contributed by atoms with Gasteiger partial charge in [-0.05, 0) is 38.6 Å². The zero-order valence-electron chi connectivity index (χ0n) is 10.0. The van der Waals surface area contributed by atoms with Gasteiger partial charge < -0.3 is 14.8 Å². The van der Waals surface area contributed by atoms with E-state index in [1.807, 2.05) is 25.2 Å². The molecule has 0 atom stereocenters. The largest absolute Gasteiger partial charge is 0.497 e. The van der Waals surface area contributed by atoms with Crippen LogP contribution in [0.15, 0.2) is 18.2 Å². The first-order valence-corrected chi connectivity index (χ1v) is 4.96. The lowest BCUT2D eigenvalue weighted by molar-refractivity contribution is 0.384. The summed E-state index contributed by atoms with van der Waals surface area (Å²) in [4.78, 5) is 0. The molecule has 0 radical (unpaired) electrons. The Bertz CT molecular complexity index is 312. The summed E-state index contributed by atoms with van der Waals surface area (Å²) < 4.78 is 10.5. The highest BCUT2D eigenvalue weighted by atomic mass is 16.5. The van der Waals surface area contributed by atoms with Crippen LogP contribution in [0.3, 0.4) is 0 Å². The zero-order chi connectivity index (χ0) is 11.5. The van der Waals surface area contributed by atoms with Crippen LogP contribution in [0.1, 0.15) is 19.4 Å². The summed E-state index contributed by atoms with van der Waals surface area (Å²) >= 11 is 0. The fraction of sp³-hybridized carbons (Fsp3) is 0.500. The van der Waals surface area contributed by atoms with Crippen molar-refractivity contribution in [2.75, 3.05) is 21.3 Å². The highest BCUT2D eigenvalue weighted by Gasteiger charge is 2.19. The van der Waals surface area contributed by atoms with E-state index in [1.54, 1.807) is 14.2 Å². The van der Waals surface area contributed by atoms with Crippen LogP contribution in [0.25, 0.3) is 0 Å². The predicted octanol–water partition coefficient (Wildman–Crippen LogP) is 2.16. The molecule has 3 heteroatoms. The molecule has 0 spiro atoms. The molecule has 84 valence electrons. The summed E-state index contributed by atoms with van der Waals surface area (Å²) in [5.41, 5.74) is 1.04. The number of nitrogens with one attached hydrogen (secondary N) is 1. The van der Waals surface area contributed by atoms with Crippen molar-refractivity contribution in [1.29, 1.82) is 0 Å². The Labute approximate surface area is 91.4 Å². The molecule has 0 aliphatic heterocycles. The number of hydrogen-bond donors (Lipinski definition) is 1. The Morgan fingerprint density at radius 3 is 1.80 bits per heavy atom. The summed E-state index contributed by atoms with van der Waals surface area (Å²) in [5, 5.41) is 3.25. The summed E-state index contributed by atoms with van der Waals surface area (Å²) in [7, 11) is 5.25. The Morgan fingerprint density at radius 2 is 1.47 bits per heavy atom. The molecule has 1 aromatic carbocycles. The topological polar surface area (TPSA) is 30.5 Å². The van der Waals surface area contributed by atoms with Crippen molar-refractivity contribution < 1.29 is 9.47 Å². The maximum atomic E-state index is 5.23. The molecule has 0 unspecified atom stereocenters. The summed E-state index contributed by atoms with van der Waals surface area (Å²) in [6, 6.07) is 5.90. The zero-order valence-corrected chi connectivity index (χ0v) is 10.0. The van der Waals surface area contributed by atoms with Crippen molar-refractivity contribution in [3.63, 3.8) is 0 Å². The summed E-state index contributed by atoms with van der Waals surface area (Å²) in [6.45, 7) is 4.22. The SMILES string of the molecule is CNC(C)(C)c1cc(OC)cc(OC)c1. The first-order chi connectivity index (χ1) is 7.03. The van der Waals surface area contributed by atoms with Gasteiger partial charge in [0.05, 0.1) is 14.2 Å². The maximum Gasteiger partial charge on any atom is 0.122 e. The van der Waals surface area contributed by atoms with E-state index in [9.17, 15) is 0 Å². The number of rotatable bonds is 4. The van der Waals surface area contributed by atoms with Gasteiger partial charge >= 0.3 is 0 Å². The minimum atomic E-state index is -0.0954. The highest BCUT2D eigenvalue weighted by molar-refractivity contribution is 5.41. The molecule has 0 saturated carbocycles. The van der Waals surface area contributed by atoms with E-state index in [0.717, 1.165) is 17.1 Å². The van der Waals surface area contributed by atoms with Crippen LogP contribution in [-0.2, 0) is 5.54 Å². The van der Waals surface area contributed by atoms with Gasteiger partial charge in [0.25, 0.3) is 0 Å². The smallest absolute Gasteiger partial charge is 0.122 e. The van der Waals surface area contributed by atoms with Crippen molar-refractivity contribution >= 4 is 0 Å². The summed E-state index contributed by atoms with van der Waals surface area (Å²) in [6.07, 6.45) is 0. The quantitative estimate of drug-likeness (QED) is 0.824. The molecule has 0 aliphatic carbocycles. The molecule has 0 fully saturated rings. The van der Waals surface area contributed by atoms with Crippen LogP contribution >= 0.6 is 0 Å². The molecule has 0 bridgehead atoms. The lowest BCUT2D eigenvalue weighted by atomic mass is 9.94. The van der Waals surface area contributed by atoms with Crippen molar-refractivity contribution in [3.05, 3.63) is 23.8 Å². The van der Waals surface area contributed by atoms with Gasteiger partial charge in [-0.15, -0.1) is 0 Å². The average Bonchev–Trinajstić information content (AvgIpc) is 2.28. The van der Waals surface area contributed by atoms with Crippen LogP contribution in [-0.4, -0.2) is 21.3 Å². The average molecular weight is 209 g/mol. The standard InChI is InChI=1S/C12H19NO2/c1-12(2,13-3)9-6-10(14-4)8-11(7-9)15-5/h6-8,13H,1-5H3. The van der Waals surface area contributed by atoms with Crippen molar-refractivity contribution in [3.8, 4) is 11.5 Å². The van der Waals surface area contributed by atoms with E-state index < -0.39 is 0 Å². The van der Waals surface area contributed by atoms with E-state index in [2.05, 4.69) is 19.2 Å². The molecule has 0 aliphatic rings. The lowest BCUT2D eigenvalue weighted by Gasteiger charge is -2.25. The Balaban J connectivity index is 3.18. The van der Waals surface area contributed by atoms with E-state index >= 15 is 0 Å². The fourth-order valence-electron chi connectivity index (χ4n) is 1.31.